The van der Waals surface area contributed by atoms with Crippen molar-refractivity contribution in [3.05, 3.63) is 67.9 Å². The van der Waals surface area contributed by atoms with E-state index in [0.717, 1.165) is 48.2 Å². The number of aliphatic hydroxyl groups excluding tert-OH is 3. The predicted molar refractivity (Wildman–Crippen MR) is 196 cm³/mol. The number of rotatable bonds is 12. The van der Waals surface area contributed by atoms with E-state index in [0.29, 0.717) is 35.1 Å². The molecule has 7 rings (SSSR count). The molecule has 54 heavy (non-hydrogen) atoms. The number of aldehydes is 1. The summed E-state index contributed by atoms with van der Waals surface area (Å²) in [6.07, 6.45) is 7.36. The molecule has 0 unspecified atom stereocenters. The first kappa shape index (κ1) is 37.9. The van der Waals surface area contributed by atoms with Gasteiger partial charge in [0.2, 0.25) is 5.76 Å². The van der Waals surface area contributed by atoms with Gasteiger partial charge in [-0.3, -0.25) is 14.6 Å². The van der Waals surface area contributed by atoms with Crippen molar-refractivity contribution >= 4 is 29.7 Å². The van der Waals surface area contributed by atoms with Gasteiger partial charge in [-0.05, 0) is 68.4 Å². The second-order valence-electron chi connectivity index (χ2n) is 15.0. The molecular weight excluding hydrogens is 694 g/mol. The Balaban J connectivity index is 1.46. The van der Waals surface area contributed by atoms with Gasteiger partial charge in [-0.2, -0.15) is 0 Å². The maximum absolute atomic E-state index is 14.0. The van der Waals surface area contributed by atoms with E-state index < -0.39 is 42.7 Å². The van der Waals surface area contributed by atoms with E-state index in [1.165, 1.54) is 0 Å². The number of carbonyl (C=O) groups excluding carboxylic acids is 3. The molecule has 2 aromatic carbocycles. The fourth-order valence-electron chi connectivity index (χ4n) is 8.97. The van der Waals surface area contributed by atoms with Crippen molar-refractivity contribution in [1.82, 2.24) is 0 Å². The number of aliphatic hydroxyl groups is 4. The van der Waals surface area contributed by atoms with Crippen molar-refractivity contribution in [2.24, 2.45) is 16.8 Å². The van der Waals surface area contributed by atoms with E-state index in [2.05, 4.69) is 4.99 Å². The Morgan fingerprint density at radius 1 is 1.09 bits per heavy atom. The topological polar surface area (TPSA) is 181 Å². The summed E-state index contributed by atoms with van der Waals surface area (Å²) in [5, 5.41) is 45.1. The average molecular weight is 744 g/mol. The Bertz CT molecular complexity index is 2020. The number of allylic oxidation sites excluding steroid dienone is 3. The normalized spacial score (nSPS) is 24.6. The van der Waals surface area contributed by atoms with E-state index in [-0.39, 0.29) is 91.3 Å². The minimum Gasteiger partial charge on any atom is -0.492 e. The van der Waals surface area contributed by atoms with Crippen LogP contribution in [0.1, 0.15) is 93.4 Å². The zero-order valence-electron chi connectivity index (χ0n) is 30.9. The van der Waals surface area contributed by atoms with Crippen LogP contribution in [-0.2, 0) is 32.1 Å². The molecule has 0 amide bonds. The van der Waals surface area contributed by atoms with E-state index in [4.69, 9.17) is 18.9 Å². The number of esters is 1. The summed E-state index contributed by atoms with van der Waals surface area (Å²) in [5.74, 6) is -2.36. The van der Waals surface area contributed by atoms with E-state index in [1.807, 2.05) is 24.3 Å². The summed E-state index contributed by atoms with van der Waals surface area (Å²) >= 11 is 0. The van der Waals surface area contributed by atoms with Crippen LogP contribution in [0.3, 0.4) is 0 Å². The number of ketones is 1. The lowest BCUT2D eigenvalue weighted by molar-refractivity contribution is -0.141. The molecule has 2 aliphatic carbocycles. The second kappa shape index (κ2) is 15.8. The molecule has 0 saturated heterocycles. The molecule has 4 atom stereocenters. The molecule has 3 aliphatic heterocycles. The smallest absolute Gasteiger partial charge is 0.375 e. The highest BCUT2D eigenvalue weighted by Gasteiger charge is 2.49. The zero-order chi connectivity index (χ0) is 38.1. The van der Waals surface area contributed by atoms with Gasteiger partial charge in [0.05, 0.1) is 55.0 Å². The summed E-state index contributed by atoms with van der Waals surface area (Å²) in [5.41, 5.74) is 1.38. The number of hydrogen-bond donors (Lipinski definition) is 4. The lowest BCUT2D eigenvalue weighted by atomic mass is 9.71. The van der Waals surface area contributed by atoms with Crippen LogP contribution in [0.2, 0.25) is 0 Å². The molecule has 2 saturated carbocycles. The average Bonchev–Trinajstić information content (AvgIpc) is 3.86. The maximum Gasteiger partial charge on any atom is 0.375 e. The molecule has 5 aliphatic rings. The van der Waals surface area contributed by atoms with Crippen molar-refractivity contribution in [1.29, 1.82) is 0 Å². The van der Waals surface area contributed by atoms with Crippen LogP contribution in [0.5, 0.6) is 17.2 Å². The highest BCUT2D eigenvalue weighted by atomic mass is 16.6. The molecule has 0 radical (unpaired) electrons. The number of benzene rings is 2. The number of hydrogen-bond acceptors (Lipinski definition) is 12. The standard InChI is InChI=1S/C42H49NO11/c1-3-51-41(49)40-30(21-46)34(25-17-26(20-45)36(48)28(18-25)23-10-11-32-24(16-23)12-13-43-32)35-38(52-15-7-14-44)29-19-33(42(2,50)27-8-5-4-6-9-27)53-37(29)31(22-47)39(35)54-40/h10-12,16,21,26-28,33,44-45,47,50H,3-9,13-15,17-20,22H2,1-2H3/b34-25-/t26-,28-,33+,42-/m1/s1. The van der Waals surface area contributed by atoms with Gasteiger partial charge in [0.25, 0.3) is 0 Å². The summed E-state index contributed by atoms with van der Waals surface area (Å²) < 4.78 is 24.7. The van der Waals surface area contributed by atoms with Crippen LogP contribution in [0.15, 0.2) is 40.1 Å². The monoisotopic (exact) mass is 743 g/mol. The number of fused-ring (bicyclic) bond motifs is 3. The Hall–Kier alpha value is -4.36. The SMILES string of the molecule is CCOC(=O)C1=C(C=O)/C(=C2\C[C@H](CO)C(=O)[C@@H](c3ccc4c(c3)=CCN=4)C2)c2c(OCCCO)c3c(c(CO)c2O1)O[C@H]([C@](C)(O)C1CCCCC1)C3. The number of Topliss-reactive ketones (excluding diaryl/α,β-unsaturated/α-hetero) is 1. The molecule has 2 aromatic rings. The number of carbonyl (C=O) groups is 3. The molecule has 0 bridgehead atoms. The molecule has 288 valence electrons. The van der Waals surface area contributed by atoms with Crippen LogP contribution >= 0.6 is 0 Å². The Labute approximate surface area is 313 Å². The quantitative estimate of drug-likeness (QED) is 0.143. The molecule has 0 aromatic heterocycles. The first-order chi connectivity index (χ1) is 26.2. The van der Waals surface area contributed by atoms with E-state index in [1.54, 1.807) is 13.8 Å². The largest absolute Gasteiger partial charge is 0.492 e. The van der Waals surface area contributed by atoms with Gasteiger partial charge in [0.15, 0.2) is 6.29 Å². The lowest BCUT2D eigenvalue weighted by Crippen LogP contribution is -2.49. The van der Waals surface area contributed by atoms with E-state index in [9.17, 15) is 34.8 Å². The van der Waals surface area contributed by atoms with Gasteiger partial charge in [-0.1, -0.05) is 37.0 Å². The molecule has 2 fully saturated rings. The van der Waals surface area contributed by atoms with Crippen LogP contribution < -0.4 is 24.8 Å². The molecular formula is C42H49NO11. The Morgan fingerprint density at radius 3 is 2.59 bits per heavy atom. The first-order valence-corrected chi connectivity index (χ1v) is 19.2. The van der Waals surface area contributed by atoms with Crippen molar-refractivity contribution in [3.63, 3.8) is 0 Å². The van der Waals surface area contributed by atoms with Gasteiger partial charge < -0.3 is 39.4 Å². The fourth-order valence-corrected chi connectivity index (χ4v) is 8.97. The van der Waals surface area contributed by atoms with Crippen molar-refractivity contribution < 1.29 is 53.8 Å². The van der Waals surface area contributed by atoms with Crippen LogP contribution in [-0.4, -0.2) is 83.1 Å². The number of ether oxygens (including phenoxy) is 4. The molecule has 12 heteroatoms. The van der Waals surface area contributed by atoms with Gasteiger partial charge in [-0.25, -0.2) is 4.79 Å². The van der Waals surface area contributed by atoms with Gasteiger partial charge in [0, 0.05) is 42.4 Å². The third-order valence-electron chi connectivity index (χ3n) is 11.8. The highest BCUT2D eigenvalue weighted by Crippen LogP contribution is 2.57. The van der Waals surface area contributed by atoms with Crippen LogP contribution in [0.25, 0.3) is 11.6 Å². The van der Waals surface area contributed by atoms with Gasteiger partial charge in [-0.15, -0.1) is 0 Å². The number of nitrogens with zero attached hydrogens (tertiary/aromatic N) is 1. The van der Waals surface area contributed by atoms with Gasteiger partial charge in [0.1, 0.15) is 34.7 Å². The van der Waals surface area contributed by atoms with Crippen molar-refractivity contribution in [2.45, 2.75) is 95.9 Å². The van der Waals surface area contributed by atoms with Gasteiger partial charge >= 0.3 is 5.97 Å². The Kier molecular flexibility index (Phi) is 11.1. The summed E-state index contributed by atoms with van der Waals surface area (Å²) in [6.45, 7) is 2.86. The summed E-state index contributed by atoms with van der Waals surface area (Å²) in [4.78, 5) is 45.3. The first-order valence-electron chi connectivity index (χ1n) is 19.2. The fraction of sp³-hybridized carbons (Fsp3) is 0.524. The highest BCUT2D eigenvalue weighted by molar-refractivity contribution is 6.11. The minimum atomic E-state index is -1.23. The van der Waals surface area contributed by atoms with Crippen LogP contribution in [0, 0.1) is 11.8 Å². The maximum atomic E-state index is 14.0. The summed E-state index contributed by atoms with van der Waals surface area (Å²) in [7, 11) is 0. The second-order valence-corrected chi connectivity index (χ2v) is 15.0. The molecule has 3 heterocycles. The van der Waals surface area contributed by atoms with Crippen molar-refractivity contribution in [3.8, 4) is 17.2 Å². The van der Waals surface area contributed by atoms with Crippen molar-refractivity contribution in [2.75, 3.05) is 33.0 Å². The lowest BCUT2D eigenvalue weighted by Gasteiger charge is -2.39. The third kappa shape index (κ3) is 6.67. The predicted octanol–water partition coefficient (Wildman–Crippen LogP) is 2.91. The van der Waals surface area contributed by atoms with E-state index >= 15 is 0 Å². The van der Waals surface area contributed by atoms with Crippen LogP contribution in [0.4, 0.5) is 0 Å². The summed E-state index contributed by atoms with van der Waals surface area (Å²) in [6, 6.07) is 5.67. The molecule has 12 nitrogen and oxygen atoms in total. The molecule has 4 N–H and O–H groups in total. The third-order valence-corrected chi connectivity index (χ3v) is 11.8. The zero-order valence-corrected chi connectivity index (χ0v) is 30.9. The minimum absolute atomic E-state index is 0.00497. The molecule has 0 spiro atoms. The Morgan fingerprint density at radius 2 is 1.89 bits per heavy atom.